The highest BCUT2D eigenvalue weighted by Crippen LogP contribution is 2.31. The topological polar surface area (TPSA) is 55.2 Å². The zero-order valence-corrected chi connectivity index (χ0v) is 11.7. The van der Waals surface area contributed by atoms with Crippen molar-refractivity contribution in [1.29, 1.82) is 0 Å². The monoisotopic (exact) mass is 262 g/mol. The number of nitrogens with one attached hydrogen (secondary N) is 1. The number of rotatable bonds is 4. The Morgan fingerprint density at radius 3 is 2.63 bits per heavy atom. The summed E-state index contributed by atoms with van der Waals surface area (Å²) in [6, 6.07) is 5.22. The maximum absolute atomic E-state index is 11.0. The van der Waals surface area contributed by atoms with Gasteiger partial charge in [-0.15, -0.1) is 0 Å². The second-order valence-corrected chi connectivity index (χ2v) is 5.73. The van der Waals surface area contributed by atoms with Crippen LogP contribution in [0.4, 0.5) is 11.4 Å². The van der Waals surface area contributed by atoms with Crippen molar-refractivity contribution in [3.05, 3.63) is 33.9 Å². The number of anilines is 1. The second kappa shape index (κ2) is 6.04. The highest BCUT2D eigenvalue weighted by molar-refractivity contribution is 5.65. The van der Waals surface area contributed by atoms with Gasteiger partial charge >= 0.3 is 0 Å². The summed E-state index contributed by atoms with van der Waals surface area (Å²) in [5, 5.41) is 14.3. The van der Waals surface area contributed by atoms with E-state index in [1.807, 2.05) is 13.0 Å². The van der Waals surface area contributed by atoms with E-state index in [-0.39, 0.29) is 10.6 Å². The molecular weight excluding hydrogens is 240 g/mol. The van der Waals surface area contributed by atoms with Gasteiger partial charge in [0.1, 0.15) is 5.69 Å². The van der Waals surface area contributed by atoms with E-state index in [0.717, 1.165) is 18.0 Å². The lowest BCUT2D eigenvalue weighted by molar-refractivity contribution is -0.384. The van der Waals surface area contributed by atoms with Gasteiger partial charge < -0.3 is 5.32 Å². The number of para-hydroxylation sites is 1. The molecule has 1 aliphatic rings. The molecule has 1 aliphatic carbocycles. The number of nitro groups is 1. The molecule has 0 radical (unpaired) electrons. The van der Waals surface area contributed by atoms with Crippen LogP contribution in [-0.2, 0) is 0 Å². The minimum absolute atomic E-state index is 0.184. The zero-order chi connectivity index (χ0) is 13.8. The van der Waals surface area contributed by atoms with Gasteiger partial charge in [0, 0.05) is 12.6 Å². The first-order chi connectivity index (χ1) is 9.08. The first kappa shape index (κ1) is 13.8. The Balaban J connectivity index is 2.01. The molecule has 1 saturated carbocycles. The van der Waals surface area contributed by atoms with E-state index in [1.54, 1.807) is 12.1 Å². The van der Waals surface area contributed by atoms with Gasteiger partial charge in [0.05, 0.1) is 4.92 Å². The highest BCUT2D eigenvalue weighted by atomic mass is 16.6. The number of nitro benzene ring substituents is 1. The van der Waals surface area contributed by atoms with E-state index in [1.165, 1.54) is 25.7 Å². The standard InChI is InChI=1S/C15H22N2O2/c1-11-6-8-13(9-7-11)10-16-15-12(2)4-3-5-14(15)17(18)19/h3-5,11,13,16H,6-10H2,1-2H3. The molecule has 1 N–H and O–H groups in total. The third-order valence-corrected chi connectivity index (χ3v) is 4.15. The molecule has 1 fully saturated rings. The van der Waals surface area contributed by atoms with Crippen LogP contribution in [0, 0.1) is 28.9 Å². The maximum Gasteiger partial charge on any atom is 0.292 e. The Morgan fingerprint density at radius 1 is 1.32 bits per heavy atom. The smallest absolute Gasteiger partial charge is 0.292 e. The van der Waals surface area contributed by atoms with Crippen LogP contribution in [-0.4, -0.2) is 11.5 Å². The SMILES string of the molecule is Cc1cccc([N+](=O)[O-])c1NCC1CCC(C)CC1. The summed E-state index contributed by atoms with van der Waals surface area (Å²) in [4.78, 5) is 10.7. The molecule has 0 spiro atoms. The summed E-state index contributed by atoms with van der Waals surface area (Å²) < 4.78 is 0. The van der Waals surface area contributed by atoms with Crippen molar-refractivity contribution >= 4 is 11.4 Å². The summed E-state index contributed by atoms with van der Waals surface area (Å²) in [5.74, 6) is 1.49. The molecule has 0 bridgehead atoms. The Kier molecular flexibility index (Phi) is 4.40. The number of aryl methyl sites for hydroxylation is 1. The zero-order valence-electron chi connectivity index (χ0n) is 11.7. The van der Waals surface area contributed by atoms with E-state index >= 15 is 0 Å². The van der Waals surface area contributed by atoms with Crippen molar-refractivity contribution in [2.75, 3.05) is 11.9 Å². The molecular formula is C15H22N2O2. The van der Waals surface area contributed by atoms with Crippen LogP contribution in [0.1, 0.15) is 38.2 Å². The summed E-state index contributed by atoms with van der Waals surface area (Å²) >= 11 is 0. The van der Waals surface area contributed by atoms with Crippen molar-refractivity contribution in [3.63, 3.8) is 0 Å². The predicted octanol–water partition coefficient (Wildman–Crippen LogP) is 4.14. The molecule has 0 unspecified atom stereocenters. The van der Waals surface area contributed by atoms with Gasteiger partial charge in [-0.25, -0.2) is 0 Å². The molecule has 1 aromatic rings. The molecule has 0 aliphatic heterocycles. The minimum Gasteiger partial charge on any atom is -0.379 e. The Hall–Kier alpha value is -1.58. The molecule has 0 atom stereocenters. The number of nitrogens with zero attached hydrogens (tertiary/aromatic N) is 1. The van der Waals surface area contributed by atoms with Crippen LogP contribution in [0.2, 0.25) is 0 Å². The average molecular weight is 262 g/mol. The number of hydrogen-bond acceptors (Lipinski definition) is 3. The lowest BCUT2D eigenvalue weighted by Crippen LogP contribution is -2.20. The van der Waals surface area contributed by atoms with Crippen LogP contribution in [0.15, 0.2) is 18.2 Å². The Morgan fingerprint density at radius 2 is 2.00 bits per heavy atom. The summed E-state index contributed by atoms with van der Waals surface area (Å²) in [5.41, 5.74) is 1.81. The van der Waals surface area contributed by atoms with E-state index in [4.69, 9.17) is 0 Å². The molecule has 0 heterocycles. The lowest BCUT2D eigenvalue weighted by Gasteiger charge is -2.26. The molecule has 2 rings (SSSR count). The molecule has 4 nitrogen and oxygen atoms in total. The third-order valence-electron chi connectivity index (χ3n) is 4.15. The fraction of sp³-hybridized carbons (Fsp3) is 0.600. The molecule has 19 heavy (non-hydrogen) atoms. The largest absolute Gasteiger partial charge is 0.379 e. The summed E-state index contributed by atoms with van der Waals surface area (Å²) in [6.45, 7) is 5.06. The minimum atomic E-state index is -0.307. The van der Waals surface area contributed by atoms with E-state index in [0.29, 0.717) is 11.6 Å². The van der Waals surface area contributed by atoms with E-state index in [9.17, 15) is 10.1 Å². The Bertz CT molecular complexity index is 451. The van der Waals surface area contributed by atoms with Crippen molar-refractivity contribution in [2.24, 2.45) is 11.8 Å². The fourth-order valence-corrected chi connectivity index (χ4v) is 2.81. The normalized spacial score (nSPS) is 23.1. The van der Waals surface area contributed by atoms with E-state index in [2.05, 4.69) is 12.2 Å². The fourth-order valence-electron chi connectivity index (χ4n) is 2.81. The van der Waals surface area contributed by atoms with Crippen LogP contribution in [0.5, 0.6) is 0 Å². The summed E-state index contributed by atoms with van der Waals surface area (Å²) in [7, 11) is 0. The number of benzene rings is 1. The van der Waals surface area contributed by atoms with Crippen LogP contribution in [0.25, 0.3) is 0 Å². The van der Waals surface area contributed by atoms with Crippen LogP contribution < -0.4 is 5.32 Å². The van der Waals surface area contributed by atoms with E-state index < -0.39 is 0 Å². The van der Waals surface area contributed by atoms with Gasteiger partial charge in [-0.05, 0) is 37.2 Å². The molecule has 104 valence electrons. The molecule has 4 heteroatoms. The van der Waals surface area contributed by atoms with Crippen molar-refractivity contribution in [2.45, 2.75) is 39.5 Å². The van der Waals surface area contributed by atoms with Gasteiger partial charge in [0.2, 0.25) is 0 Å². The molecule has 1 aromatic carbocycles. The van der Waals surface area contributed by atoms with Crippen molar-refractivity contribution < 1.29 is 4.92 Å². The molecule has 0 saturated heterocycles. The van der Waals surface area contributed by atoms with Crippen molar-refractivity contribution in [1.82, 2.24) is 0 Å². The van der Waals surface area contributed by atoms with Crippen LogP contribution >= 0.6 is 0 Å². The van der Waals surface area contributed by atoms with Gasteiger partial charge in [-0.2, -0.15) is 0 Å². The van der Waals surface area contributed by atoms with Gasteiger partial charge in [-0.3, -0.25) is 10.1 Å². The Labute approximate surface area is 114 Å². The second-order valence-electron chi connectivity index (χ2n) is 5.73. The maximum atomic E-state index is 11.0. The van der Waals surface area contributed by atoms with Crippen molar-refractivity contribution in [3.8, 4) is 0 Å². The first-order valence-corrected chi connectivity index (χ1v) is 7.05. The lowest BCUT2D eigenvalue weighted by atomic mass is 9.83. The third kappa shape index (κ3) is 3.46. The van der Waals surface area contributed by atoms with Gasteiger partial charge in [0.15, 0.2) is 0 Å². The average Bonchev–Trinajstić information content (AvgIpc) is 2.39. The quantitative estimate of drug-likeness (QED) is 0.655. The highest BCUT2D eigenvalue weighted by Gasteiger charge is 2.20. The van der Waals surface area contributed by atoms with Gasteiger partial charge in [-0.1, -0.05) is 31.9 Å². The van der Waals surface area contributed by atoms with Crippen LogP contribution in [0.3, 0.4) is 0 Å². The predicted molar refractivity (Wildman–Crippen MR) is 77.4 cm³/mol. The summed E-state index contributed by atoms with van der Waals surface area (Å²) in [6.07, 6.45) is 5.02. The molecule has 0 aromatic heterocycles. The first-order valence-electron chi connectivity index (χ1n) is 7.05. The number of hydrogen-bond donors (Lipinski definition) is 1. The molecule has 0 amide bonds. The van der Waals surface area contributed by atoms with Gasteiger partial charge in [0.25, 0.3) is 5.69 Å².